The van der Waals surface area contributed by atoms with E-state index in [4.69, 9.17) is 21.3 Å². The predicted molar refractivity (Wildman–Crippen MR) is 107 cm³/mol. The van der Waals surface area contributed by atoms with Gasteiger partial charge in [0.2, 0.25) is 5.91 Å². The SMILES string of the molecule is COC(=O)c1ccc(Cl)c(NC(=O)C2CCc3nc4cc(C)ccn4c3C2)c1. The van der Waals surface area contributed by atoms with Crippen LogP contribution in [0.5, 0.6) is 0 Å². The van der Waals surface area contributed by atoms with Gasteiger partial charge in [0, 0.05) is 24.2 Å². The first-order chi connectivity index (χ1) is 13.5. The van der Waals surface area contributed by atoms with Crippen LogP contribution in [0.4, 0.5) is 5.69 Å². The van der Waals surface area contributed by atoms with Crippen molar-refractivity contribution >= 4 is 34.8 Å². The number of imidazole rings is 1. The Balaban J connectivity index is 1.56. The monoisotopic (exact) mass is 397 g/mol. The normalized spacial score (nSPS) is 15.9. The molecule has 1 atom stereocenters. The number of carbonyl (C=O) groups excluding carboxylic acids is 2. The molecule has 3 aromatic rings. The van der Waals surface area contributed by atoms with Gasteiger partial charge in [0.25, 0.3) is 0 Å². The lowest BCUT2D eigenvalue weighted by Gasteiger charge is -2.21. The Morgan fingerprint density at radius 2 is 2.11 bits per heavy atom. The molecule has 0 spiro atoms. The number of esters is 1. The van der Waals surface area contributed by atoms with Crippen LogP contribution in [-0.2, 0) is 22.4 Å². The summed E-state index contributed by atoms with van der Waals surface area (Å²) in [5, 5.41) is 3.25. The third-order valence-corrected chi connectivity index (χ3v) is 5.48. The molecule has 6 nitrogen and oxygen atoms in total. The summed E-state index contributed by atoms with van der Waals surface area (Å²) < 4.78 is 6.79. The molecule has 1 amide bonds. The summed E-state index contributed by atoms with van der Waals surface area (Å²) in [5.74, 6) is -0.779. The number of amides is 1. The van der Waals surface area contributed by atoms with Crippen LogP contribution < -0.4 is 5.32 Å². The van der Waals surface area contributed by atoms with Gasteiger partial charge in [-0.05, 0) is 55.7 Å². The summed E-state index contributed by atoms with van der Waals surface area (Å²) >= 11 is 6.20. The summed E-state index contributed by atoms with van der Waals surface area (Å²) in [6.07, 6.45) is 4.09. The molecule has 1 aromatic carbocycles. The van der Waals surface area contributed by atoms with Crippen LogP contribution in [0.15, 0.2) is 36.5 Å². The van der Waals surface area contributed by atoms with Crippen LogP contribution in [0.1, 0.15) is 33.7 Å². The highest BCUT2D eigenvalue weighted by Gasteiger charge is 2.28. The first-order valence-electron chi connectivity index (χ1n) is 9.11. The molecule has 1 aliphatic carbocycles. The largest absolute Gasteiger partial charge is 0.465 e. The van der Waals surface area contributed by atoms with Gasteiger partial charge in [-0.1, -0.05) is 11.6 Å². The predicted octanol–water partition coefficient (Wildman–Crippen LogP) is 3.83. The van der Waals surface area contributed by atoms with Crippen molar-refractivity contribution in [1.29, 1.82) is 0 Å². The maximum atomic E-state index is 12.9. The standard InChI is InChI=1S/C21H20ClN3O3/c1-12-7-8-25-18-11-13(4-6-16(18)23-19(25)9-12)20(26)24-17-10-14(21(27)28-2)3-5-15(17)22/h3,5,7-10,13H,4,6,11H2,1-2H3,(H,24,26). The minimum atomic E-state index is -0.476. The van der Waals surface area contributed by atoms with Gasteiger partial charge >= 0.3 is 5.97 Å². The molecular formula is C21H20ClN3O3. The fourth-order valence-electron chi connectivity index (χ4n) is 3.63. The number of fused-ring (bicyclic) bond motifs is 3. The first kappa shape index (κ1) is 18.5. The highest BCUT2D eigenvalue weighted by atomic mass is 35.5. The van der Waals surface area contributed by atoms with Gasteiger partial charge in [-0.2, -0.15) is 0 Å². The van der Waals surface area contributed by atoms with Crippen molar-refractivity contribution in [3.8, 4) is 0 Å². The van der Waals surface area contributed by atoms with Gasteiger partial charge in [0.1, 0.15) is 5.65 Å². The van der Waals surface area contributed by atoms with Crippen molar-refractivity contribution in [3.05, 3.63) is 64.1 Å². The van der Waals surface area contributed by atoms with Crippen molar-refractivity contribution in [1.82, 2.24) is 9.38 Å². The number of ether oxygens (including phenoxy) is 1. The highest BCUT2D eigenvalue weighted by molar-refractivity contribution is 6.33. The number of carbonyl (C=O) groups is 2. The maximum Gasteiger partial charge on any atom is 0.337 e. The molecule has 1 unspecified atom stereocenters. The molecule has 144 valence electrons. The van der Waals surface area contributed by atoms with E-state index in [0.717, 1.165) is 35.4 Å². The molecule has 0 aliphatic heterocycles. The molecule has 0 saturated carbocycles. The number of aryl methyl sites for hydroxylation is 2. The number of halogens is 1. The molecule has 28 heavy (non-hydrogen) atoms. The Bertz CT molecular complexity index is 1090. The van der Waals surface area contributed by atoms with E-state index in [1.54, 1.807) is 12.1 Å². The quantitative estimate of drug-likeness (QED) is 0.682. The van der Waals surface area contributed by atoms with Crippen molar-refractivity contribution in [2.75, 3.05) is 12.4 Å². The van der Waals surface area contributed by atoms with E-state index in [9.17, 15) is 9.59 Å². The lowest BCUT2D eigenvalue weighted by molar-refractivity contribution is -0.120. The fourth-order valence-corrected chi connectivity index (χ4v) is 3.80. The molecule has 7 heteroatoms. The number of aromatic nitrogens is 2. The average molecular weight is 398 g/mol. The molecule has 0 bridgehead atoms. The van der Waals surface area contributed by atoms with Gasteiger partial charge in [0.05, 0.1) is 29.1 Å². The fraction of sp³-hybridized carbons (Fsp3) is 0.286. The Morgan fingerprint density at radius 3 is 2.89 bits per heavy atom. The van der Waals surface area contributed by atoms with Crippen LogP contribution in [0.25, 0.3) is 5.65 Å². The number of anilines is 1. The van der Waals surface area contributed by atoms with Crippen LogP contribution in [0, 0.1) is 12.8 Å². The topological polar surface area (TPSA) is 72.7 Å². The third kappa shape index (κ3) is 3.36. The van der Waals surface area contributed by atoms with E-state index < -0.39 is 5.97 Å². The second-order valence-corrected chi connectivity index (χ2v) is 7.46. The van der Waals surface area contributed by atoms with Gasteiger partial charge < -0.3 is 14.5 Å². The summed E-state index contributed by atoms with van der Waals surface area (Å²) in [6, 6.07) is 8.77. The van der Waals surface area contributed by atoms with Gasteiger partial charge in [-0.15, -0.1) is 0 Å². The van der Waals surface area contributed by atoms with E-state index >= 15 is 0 Å². The Morgan fingerprint density at radius 1 is 1.29 bits per heavy atom. The number of hydrogen-bond acceptors (Lipinski definition) is 4. The van der Waals surface area contributed by atoms with Gasteiger partial charge in [-0.3, -0.25) is 4.79 Å². The number of methoxy groups -OCH3 is 1. The first-order valence-corrected chi connectivity index (χ1v) is 9.49. The second-order valence-electron chi connectivity index (χ2n) is 7.05. The number of rotatable bonds is 3. The summed E-state index contributed by atoms with van der Waals surface area (Å²) in [6.45, 7) is 2.04. The molecule has 2 heterocycles. The molecule has 1 N–H and O–H groups in total. The van der Waals surface area contributed by atoms with E-state index in [2.05, 4.69) is 9.72 Å². The summed E-state index contributed by atoms with van der Waals surface area (Å²) in [5.41, 5.74) is 4.96. The highest BCUT2D eigenvalue weighted by Crippen LogP contribution is 2.29. The zero-order valence-corrected chi connectivity index (χ0v) is 16.4. The van der Waals surface area contributed by atoms with Crippen LogP contribution in [0.2, 0.25) is 5.02 Å². The van der Waals surface area contributed by atoms with Crippen LogP contribution in [0.3, 0.4) is 0 Å². The Hall–Kier alpha value is -2.86. The molecule has 0 radical (unpaired) electrons. The van der Waals surface area contributed by atoms with E-state index in [1.807, 2.05) is 25.3 Å². The van der Waals surface area contributed by atoms with Gasteiger partial charge in [-0.25, -0.2) is 9.78 Å². The minimum Gasteiger partial charge on any atom is -0.465 e. The van der Waals surface area contributed by atoms with E-state index in [-0.39, 0.29) is 11.8 Å². The smallest absolute Gasteiger partial charge is 0.337 e. The lowest BCUT2D eigenvalue weighted by Crippen LogP contribution is -2.28. The summed E-state index contributed by atoms with van der Waals surface area (Å²) in [7, 11) is 1.31. The van der Waals surface area contributed by atoms with E-state index in [0.29, 0.717) is 22.7 Å². The van der Waals surface area contributed by atoms with Crippen molar-refractivity contribution in [2.45, 2.75) is 26.2 Å². The second kappa shape index (κ2) is 7.28. The average Bonchev–Trinajstić information content (AvgIpc) is 3.05. The zero-order valence-electron chi connectivity index (χ0n) is 15.7. The Labute approximate surface area is 167 Å². The number of nitrogens with one attached hydrogen (secondary N) is 1. The van der Waals surface area contributed by atoms with E-state index in [1.165, 1.54) is 13.2 Å². The molecule has 4 rings (SSSR count). The number of benzene rings is 1. The third-order valence-electron chi connectivity index (χ3n) is 5.15. The van der Waals surface area contributed by atoms with Crippen LogP contribution >= 0.6 is 11.6 Å². The molecule has 0 saturated heterocycles. The Kier molecular flexibility index (Phi) is 4.81. The minimum absolute atomic E-state index is 0.114. The number of nitrogens with zero attached hydrogens (tertiary/aromatic N) is 2. The summed E-state index contributed by atoms with van der Waals surface area (Å²) in [4.78, 5) is 29.3. The van der Waals surface area contributed by atoms with Crippen molar-refractivity contribution in [3.63, 3.8) is 0 Å². The van der Waals surface area contributed by atoms with Crippen molar-refractivity contribution < 1.29 is 14.3 Å². The molecular weight excluding hydrogens is 378 g/mol. The number of pyridine rings is 1. The van der Waals surface area contributed by atoms with Crippen LogP contribution in [-0.4, -0.2) is 28.4 Å². The lowest BCUT2D eigenvalue weighted by atomic mass is 9.89. The zero-order chi connectivity index (χ0) is 19.8. The number of hydrogen-bond donors (Lipinski definition) is 1. The van der Waals surface area contributed by atoms with Gasteiger partial charge in [0.15, 0.2) is 0 Å². The maximum absolute atomic E-state index is 12.9. The molecule has 1 aliphatic rings. The molecule has 0 fully saturated rings. The van der Waals surface area contributed by atoms with Crippen molar-refractivity contribution in [2.24, 2.45) is 5.92 Å². The molecule has 2 aromatic heterocycles.